The maximum absolute atomic E-state index is 13.0. The molecule has 0 radical (unpaired) electrons. The first-order valence-corrected chi connectivity index (χ1v) is 6.43. The Balaban J connectivity index is 2.20. The van der Waals surface area contributed by atoms with E-state index in [1.54, 1.807) is 18.2 Å². The van der Waals surface area contributed by atoms with Gasteiger partial charge in [0.1, 0.15) is 11.6 Å². The minimum absolute atomic E-state index is 0.0275. The van der Waals surface area contributed by atoms with E-state index in [4.69, 9.17) is 23.2 Å². The van der Waals surface area contributed by atoms with Crippen molar-refractivity contribution in [3.05, 3.63) is 57.8 Å². The second-order valence-electron chi connectivity index (χ2n) is 4.20. The van der Waals surface area contributed by atoms with Crippen molar-refractivity contribution in [2.45, 2.75) is 13.0 Å². The monoisotopic (exact) mass is 299 g/mol. The summed E-state index contributed by atoms with van der Waals surface area (Å²) in [5.74, 6) is -0.340. The van der Waals surface area contributed by atoms with Crippen LogP contribution in [0.5, 0.6) is 5.75 Å². The molecule has 0 aliphatic heterocycles. The van der Waals surface area contributed by atoms with Gasteiger partial charge >= 0.3 is 0 Å². The number of halogens is 3. The van der Waals surface area contributed by atoms with Crippen LogP contribution in [-0.2, 0) is 0 Å². The normalized spacial score (nSPS) is 12.2. The highest BCUT2D eigenvalue weighted by molar-refractivity contribution is 6.32. The lowest BCUT2D eigenvalue weighted by atomic mass is 10.1. The van der Waals surface area contributed by atoms with Gasteiger partial charge in [-0.1, -0.05) is 29.3 Å². The molecule has 0 fully saturated rings. The summed E-state index contributed by atoms with van der Waals surface area (Å²) in [6.45, 7) is 1.90. The Labute approximate surface area is 120 Å². The van der Waals surface area contributed by atoms with Gasteiger partial charge in [0.2, 0.25) is 0 Å². The third-order valence-electron chi connectivity index (χ3n) is 2.76. The largest absolute Gasteiger partial charge is 0.506 e. The molecule has 19 heavy (non-hydrogen) atoms. The van der Waals surface area contributed by atoms with Crippen molar-refractivity contribution in [1.82, 2.24) is 0 Å². The molecule has 0 aliphatic carbocycles. The molecule has 0 aromatic heterocycles. The number of nitrogens with one attached hydrogen (secondary N) is 1. The highest BCUT2D eigenvalue weighted by Gasteiger charge is 2.11. The zero-order valence-corrected chi connectivity index (χ0v) is 11.6. The van der Waals surface area contributed by atoms with Crippen LogP contribution in [0.3, 0.4) is 0 Å². The topological polar surface area (TPSA) is 32.3 Å². The fraction of sp³-hybridized carbons (Fsp3) is 0.143. The summed E-state index contributed by atoms with van der Waals surface area (Å²) in [7, 11) is 0. The SMILES string of the molecule is CC(Nc1ccc(O)c(Cl)c1)c1ccc(F)cc1Cl. The maximum atomic E-state index is 13.0. The number of hydrogen-bond acceptors (Lipinski definition) is 2. The quantitative estimate of drug-likeness (QED) is 0.781. The molecule has 100 valence electrons. The summed E-state index contributed by atoms with van der Waals surface area (Å²) in [6, 6.07) is 8.98. The lowest BCUT2D eigenvalue weighted by Gasteiger charge is -2.17. The van der Waals surface area contributed by atoms with Gasteiger partial charge < -0.3 is 10.4 Å². The number of anilines is 1. The average Bonchev–Trinajstić information content (AvgIpc) is 2.33. The molecule has 2 N–H and O–H groups in total. The summed E-state index contributed by atoms with van der Waals surface area (Å²) in [6.07, 6.45) is 0. The standard InChI is InChI=1S/C14H12Cl2FNO/c1-8(11-4-2-9(17)6-12(11)15)18-10-3-5-14(19)13(16)7-10/h2-8,18-19H,1H3. The fourth-order valence-electron chi connectivity index (χ4n) is 1.78. The molecule has 0 saturated carbocycles. The van der Waals surface area contributed by atoms with Crippen molar-refractivity contribution in [2.24, 2.45) is 0 Å². The van der Waals surface area contributed by atoms with Gasteiger partial charge in [-0.2, -0.15) is 0 Å². The first kappa shape index (κ1) is 14.0. The van der Waals surface area contributed by atoms with E-state index < -0.39 is 0 Å². The molecular weight excluding hydrogens is 288 g/mol. The molecule has 5 heteroatoms. The van der Waals surface area contributed by atoms with Gasteiger partial charge in [-0.15, -0.1) is 0 Å². The molecule has 2 nitrogen and oxygen atoms in total. The molecule has 0 heterocycles. The average molecular weight is 300 g/mol. The second-order valence-corrected chi connectivity index (χ2v) is 5.01. The van der Waals surface area contributed by atoms with Crippen LogP contribution in [0.15, 0.2) is 36.4 Å². The molecule has 2 aromatic carbocycles. The zero-order valence-electron chi connectivity index (χ0n) is 10.1. The van der Waals surface area contributed by atoms with Crippen molar-refractivity contribution in [2.75, 3.05) is 5.32 Å². The number of phenols is 1. The van der Waals surface area contributed by atoms with Crippen molar-refractivity contribution >= 4 is 28.9 Å². The predicted molar refractivity (Wildman–Crippen MR) is 76.6 cm³/mol. The summed E-state index contributed by atoms with van der Waals surface area (Å²) in [5, 5.41) is 13.2. The Hall–Kier alpha value is -1.45. The van der Waals surface area contributed by atoms with Gasteiger partial charge in [-0.25, -0.2) is 4.39 Å². The zero-order chi connectivity index (χ0) is 14.0. The smallest absolute Gasteiger partial charge is 0.134 e. The van der Waals surface area contributed by atoms with Crippen LogP contribution in [0.4, 0.5) is 10.1 Å². The minimum Gasteiger partial charge on any atom is -0.506 e. The highest BCUT2D eigenvalue weighted by Crippen LogP contribution is 2.30. The second kappa shape index (κ2) is 5.68. The third kappa shape index (κ3) is 3.31. The number of hydrogen-bond donors (Lipinski definition) is 2. The number of rotatable bonds is 3. The predicted octanol–water partition coefficient (Wildman–Crippen LogP) is 5.01. The van der Waals surface area contributed by atoms with Crippen LogP contribution >= 0.6 is 23.2 Å². The molecule has 0 amide bonds. The Morgan fingerprint density at radius 3 is 2.47 bits per heavy atom. The van der Waals surface area contributed by atoms with E-state index in [2.05, 4.69) is 5.32 Å². The van der Waals surface area contributed by atoms with E-state index in [1.807, 2.05) is 6.92 Å². The summed E-state index contributed by atoms with van der Waals surface area (Å²) in [4.78, 5) is 0. The van der Waals surface area contributed by atoms with Gasteiger partial charge in [0, 0.05) is 16.8 Å². The van der Waals surface area contributed by atoms with Crippen molar-refractivity contribution in [3.8, 4) is 5.75 Å². The van der Waals surface area contributed by atoms with Crippen molar-refractivity contribution < 1.29 is 9.50 Å². The summed E-state index contributed by atoms with van der Waals surface area (Å²) < 4.78 is 13.0. The van der Waals surface area contributed by atoms with E-state index in [1.165, 1.54) is 18.2 Å². The third-order valence-corrected chi connectivity index (χ3v) is 3.39. The highest BCUT2D eigenvalue weighted by atomic mass is 35.5. The minimum atomic E-state index is -0.367. The van der Waals surface area contributed by atoms with E-state index in [-0.39, 0.29) is 22.6 Å². The van der Waals surface area contributed by atoms with Gasteiger partial charge in [0.15, 0.2) is 0 Å². The molecular formula is C14H12Cl2FNO. The van der Waals surface area contributed by atoms with Gasteiger partial charge in [-0.05, 0) is 42.8 Å². The molecule has 1 atom stereocenters. The number of phenolic OH excluding ortho intramolecular Hbond substituents is 1. The van der Waals surface area contributed by atoms with E-state index in [9.17, 15) is 9.50 Å². The van der Waals surface area contributed by atoms with Crippen LogP contribution in [0.1, 0.15) is 18.5 Å². The number of benzene rings is 2. The van der Waals surface area contributed by atoms with Crippen LogP contribution in [0, 0.1) is 5.82 Å². The van der Waals surface area contributed by atoms with Crippen molar-refractivity contribution in [1.29, 1.82) is 0 Å². The van der Waals surface area contributed by atoms with Gasteiger partial charge in [0.05, 0.1) is 5.02 Å². The molecule has 0 saturated heterocycles. The van der Waals surface area contributed by atoms with Crippen LogP contribution < -0.4 is 5.32 Å². The summed E-state index contributed by atoms with van der Waals surface area (Å²) in [5.41, 5.74) is 1.53. The lowest BCUT2D eigenvalue weighted by Crippen LogP contribution is -2.07. The Bertz CT molecular complexity index is 604. The van der Waals surface area contributed by atoms with Crippen molar-refractivity contribution in [3.63, 3.8) is 0 Å². The van der Waals surface area contributed by atoms with Crippen LogP contribution in [-0.4, -0.2) is 5.11 Å². The molecule has 2 aromatic rings. The molecule has 2 rings (SSSR count). The van der Waals surface area contributed by atoms with Crippen LogP contribution in [0.2, 0.25) is 10.0 Å². The molecule has 0 aliphatic rings. The first-order valence-electron chi connectivity index (χ1n) is 5.67. The Kier molecular flexibility index (Phi) is 4.17. The molecule has 1 unspecified atom stereocenters. The molecule has 0 bridgehead atoms. The van der Waals surface area contributed by atoms with E-state index >= 15 is 0 Å². The van der Waals surface area contributed by atoms with E-state index in [0.717, 1.165) is 11.3 Å². The molecule has 0 spiro atoms. The summed E-state index contributed by atoms with van der Waals surface area (Å²) >= 11 is 11.8. The lowest BCUT2D eigenvalue weighted by molar-refractivity contribution is 0.475. The number of aromatic hydroxyl groups is 1. The first-order chi connectivity index (χ1) is 8.97. The van der Waals surface area contributed by atoms with E-state index in [0.29, 0.717) is 5.02 Å². The van der Waals surface area contributed by atoms with Gasteiger partial charge in [-0.3, -0.25) is 0 Å². The fourth-order valence-corrected chi connectivity index (χ4v) is 2.29. The van der Waals surface area contributed by atoms with Crippen LogP contribution in [0.25, 0.3) is 0 Å². The Morgan fingerprint density at radius 2 is 1.84 bits per heavy atom. The maximum Gasteiger partial charge on any atom is 0.134 e. The van der Waals surface area contributed by atoms with Gasteiger partial charge in [0.25, 0.3) is 0 Å². The Morgan fingerprint density at radius 1 is 1.11 bits per heavy atom.